The molecule has 3 saturated carbocycles. The van der Waals surface area contributed by atoms with Gasteiger partial charge < -0.3 is 20.0 Å². The van der Waals surface area contributed by atoms with Crippen LogP contribution >= 0.6 is 0 Å². The van der Waals surface area contributed by atoms with Gasteiger partial charge in [0, 0.05) is 24.0 Å². The molecule has 0 radical (unpaired) electrons. The molecule has 0 bridgehead atoms. The van der Waals surface area contributed by atoms with E-state index >= 15 is 0 Å². The van der Waals surface area contributed by atoms with E-state index in [-0.39, 0.29) is 34.9 Å². The van der Waals surface area contributed by atoms with Crippen molar-refractivity contribution in [3.63, 3.8) is 0 Å². The highest BCUT2D eigenvalue weighted by Crippen LogP contribution is 2.67. The van der Waals surface area contributed by atoms with Crippen LogP contribution in [0, 0.1) is 46.8 Å². The van der Waals surface area contributed by atoms with Crippen LogP contribution in [-0.4, -0.2) is 48.2 Å². The van der Waals surface area contributed by atoms with Crippen molar-refractivity contribution in [2.75, 3.05) is 19.8 Å². The highest BCUT2D eigenvalue weighted by Gasteiger charge is 2.63. The molecule has 6 rings (SSSR count). The number of amides is 1. The standard InChI is InChI=1S/C39H54N2O4/c1-6-39(43)19-16-33-31-13-12-29-24-30(14-17-36(29,4)32(31)15-18-37(33,39)5)41-45-26-35(42)40-22-20-38(28-10-8-7-9-11-28)21-23-44-34(25-38)27(2)3/h1,7-11,24,27,31-34,43H,12-23,25-26H2,2-5H3,(H,40,42)/b41-30+/t31-,32+,33+,34+,36+,37+,38+,39+/m1/s1. The molecule has 45 heavy (non-hydrogen) atoms. The first-order chi connectivity index (χ1) is 21.5. The predicted molar refractivity (Wildman–Crippen MR) is 178 cm³/mol. The lowest BCUT2D eigenvalue weighted by Gasteiger charge is -2.58. The van der Waals surface area contributed by atoms with Gasteiger partial charge in [0.15, 0.2) is 6.61 Å². The molecular formula is C39H54N2O4. The molecule has 1 saturated heterocycles. The topological polar surface area (TPSA) is 80.2 Å². The number of nitrogens with one attached hydrogen (secondary N) is 1. The summed E-state index contributed by atoms with van der Waals surface area (Å²) in [5, 5.41) is 18.8. The van der Waals surface area contributed by atoms with Gasteiger partial charge in [-0.05, 0) is 111 Å². The van der Waals surface area contributed by atoms with Gasteiger partial charge >= 0.3 is 0 Å². The Kier molecular flexibility index (Phi) is 9.00. The second kappa shape index (κ2) is 12.5. The molecule has 1 aromatic rings. The summed E-state index contributed by atoms with van der Waals surface area (Å²) in [6.45, 7) is 10.4. The van der Waals surface area contributed by atoms with Crippen molar-refractivity contribution in [1.29, 1.82) is 0 Å². The average Bonchev–Trinajstić information content (AvgIpc) is 3.32. The molecule has 1 amide bonds. The van der Waals surface area contributed by atoms with Crippen LogP contribution in [0.4, 0.5) is 0 Å². The molecule has 5 aliphatic rings. The number of hydrogen-bond donors (Lipinski definition) is 2. The summed E-state index contributed by atoms with van der Waals surface area (Å²) in [4.78, 5) is 18.4. The molecule has 0 unspecified atom stereocenters. The highest BCUT2D eigenvalue weighted by atomic mass is 16.6. The molecule has 4 aliphatic carbocycles. The number of ether oxygens (including phenoxy) is 1. The minimum absolute atomic E-state index is 0.00000715. The third kappa shape index (κ3) is 5.78. The molecule has 244 valence electrons. The fraction of sp³-hybridized carbons (Fsp3) is 0.692. The normalized spacial score (nSPS) is 40.1. The molecule has 1 aromatic carbocycles. The number of benzene rings is 1. The van der Waals surface area contributed by atoms with Crippen LogP contribution in [-0.2, 0) is 19.8 Å². The summed E-state index contributed by atoms with van der Waals surface area (Å²) in [5.41, 5.74) is 2.80. The molecular weight excluding hydrogens is 560 g/mol. The van der Waals surface area contributed by atoms with Gasteiger partial charge in [-0.25, -0.2) is 0 Å². The van der Waals surface area contributed by atoms with Crippen LogP contribution in [0.3, 0.4) is 0 Å². The molecule has 2 N–H and O–H groups in total. The monoisotopic (exact) mass is 614 g/mol. The van der Waals surface area contributed by atoms with Crippen molar-refractivity contribution in [2.24, 2.45) is 39.7 Å². The lowest BCUT2D eigenvalue weighted by atomic mass is 9.46. The van der Waals surface area contributed by atoms with Crippen molar-refractivity contribution >= 4 is 11.6 Å². The predicted octanol–water partition coefficient (Wildman–Crippen LogP) is 6.97. The molecule has 8 atom stereocenters. The largest absolute Gasteiger partial charge is 0.385 e. The van der Waals surface area contributed by atoms with Crippen molar-refractivity contribution in [3.8, 4) is 12.3 Å². The summed E-state index contributed by atoms with van der Waals surface area (Å²) in [7, 11) is 0. The van der Waals surface area contributed by atoms with Crippen LogP contribution < -0.4 is 5.32 Å². The SMILES string of the molecule is C#C[C@]1(O)CC[C@H]2[C@@H]3CCC4=C/C(=N/OCC(=O)NCC[C@]5(c6ccccc6)CCO[C@H](C(C)C)C5)CC[C@]4(C)[C@H]3CC[C@@]21C. The van der Waals surface area contributed by atoms with Crippen LogP contribution in [0.25, 0.3) is 0 Å². The number of carbonyl (C=O) groups excluding carboxylic acids is 1. The van der Waals surface area contributed by atoms with Crippen molar-refractivity contribution < 1.29 is 19.5 Å². The van der Waals surface area contributed by atoms with Crippen molar-refractivity contribution in [2.45, 2.75) is 115 Å². The van der Waals surface area contributed by atoms with E-state index in [9.17, 15) is 9.90 Å². The van der Waals surface area contributed by atoms with E-state index in [0.29, 0.717) is 30.2 Å². The lowest BCUT2D eigenvalue weighted by molar-refractivity contribution is -0.125. The fourth-order valence-electron chi connectivity index (χ4n) is 10.4. The average molecular weight is 615 g/mol. The molecule has 6 nitrogen and oxygen atoms in total. The number of terminal acetylenes is 1. The van der Waals surface area contributed by atoms with Gasteiger partial charge in [-0.15, -0.1) is 6.42 Å². The van der Waals surface area contributed by atoms with E-state index in [2.05, 4.69) is 80.5 Å². The van der Waals surface area contributed by atoms with E-state index in [0.717, 1.165) is 82.9 Å². The Hall–Kier alpha value is -2.62. The molecule has 0 aromatic heterocycles. The number of oxime groups is 1. The van der Waals surface area contributed by atoms with Gasteiger partial charge in [0.05, 0.1) is 11.8 Å². The van der Waals surface area contributed by atoms with Crippen LogP contribution in [0.1, 0.15) is 104 Å². The van der Waals surface area contributed by atoms with Crippen molar-refractivity contribution in [1.82, 2.24) is 5.32 Å². The first kappa shape index (κ1) is 32.3. The van der Waals surface area contributed by atoms with Crippen LogP contribution in [0.15, 0.2) is 47.1 Å². The number of aliphatic hydroxyl groups is 1. The summed E-state index contributed by atoms with van der Waals surface area (Å²) in [5.74, 6) is 4.86. The maximum absolute atomic E-state index is 12.8. The number of allylic oxidation sites excluding steroid dienone is 2. The van der Waals surface area contributed by atoms with Crippen molar-refractivity contribution in [3.05, 3.63) is 47.5 Å². The second-order valence-corrected chi connectivity index (χ2v) is 15.7. The quantitative estimate of drug-likeness (QED) is 0.245. The first-order valence-corrected chi connectivity index (χ1v) is 17.6. The number of hydrogen-bond acceptors (Lipinski definition) is 5. The smallest absolute Gasteiger partial charge is 0.260 e. The number of fused-ring (bicyclic) bond motifs is 5. The van der Waals surface area contributed by atoms with Crippen LogP contribution in [0.2, 0.25) is 0 Å². The Morgan fingerprint density at radius 1 is 1.11 bits per heavy atom. The summed E-state index contributed by atoms with van der Waals surface area (Å²) >= 11 is 0. The Morgan fingerprint density at radius 3 is 2.64 bits per heavy atom. The van der Waals surface area contributed by atoms with E-state index in [1.807, 2.05) is 0 Å². The van der Waals surface area contributed by atoms with E-state index in [1.54, 1.807) is 0 Å². The number of carbonyl (C=O) groups is 1. The number of rotatable bonds is 8. The molecule has 1 heterocycles. The maximum atomic E-state index is 12.8. The maximum Gasteiger partial charge on any atom is 0.260 e. The summed E-state index contributed by atoms with van der Waals surface area (Å²) < 4.78 is 6.11. The number of nitrogens with zero attached hydrogens (tertiary/aromatic N) is 1. The third-order valence-electron chi connectivity index (χ3n) is 13.3. The van der Waals surface area contributed by atoms with E-state index < -0.39 is 5.60 Å². The van der Waals surface area contributed by atoms with Gasteiger partial charge in [-0.2, -0.15) is 0 Å². The van der Waals surface area contributed by atoms with Crippen LogP contribution in [0.5, 0.6) is 0 Å². The minimum Gasteiger partial charge on any atom is -0.385 e. The van der Waals surface area contributed by atoms with Gasteiger partial charge in [0.25, 0.3) is 5.91 Å². The summed E-state index contributed by atoms with van der Waals surface area (Å²) in [6.07, 6.45) is 19.2. The Labute approximate surface area is 270 Å². The Bertz CT molecular complexity index is 1350. The van der Waals surface area contributed by atoms with Gasteiger partial charge in [0.1, 0.15) is 5.60 Å². The lowest BCUT2D eigenvalue weighted by Crippen LogP contribution is -2.54. The zero-order valence-electron chi connectivity index (χ0n) is 27.9. The zero-order valence-corrected chi connectivity index (χ0v) is 27.9. The van der Waals surface area contributed by atoms with Gasteiger partial charge in [-0.3, -0.25) is 4.79 Å². The molecule has 4 fully saturated rings. The van der Waals surface area contributed by atoms with E-state index in [1.165, 1.54) is 11.1 Å². The second-order valence-electron chi connectivity index (χ2n) is 15.7. The van der Waals surface area contributed by atoms with Gasteiger partial charge in [-0.1, -0.05) is 74.7 Å². The Balaban J connectivity index is 1.03. The van der Waals surface area contributed by atoms with E-state index in [4.69, 9.17) is 16.0 Å². The molecule has 6 heteroatoms. The summed E-state index contributed by atoms with van der Waals surface area (Å²) in [6, 6.07) is 10.7. The zero-order chi connectivity index (χ0) is 31.9. The van der Waals surface area contributed by atoms with Gasteiger partial charge in [0.2, 0.25) is 0 Å². The fourth-order valence-corrected chi connectivity index (χ4v) is 10.4. The minimum atomic E-state index is -0.958. The Morgan fingerprint density at radius 2 is 1.89 bits per heavy atom. The molecule has 0 spiro atoms. The highest BCUT2D eigenvalue weighted by molar-refractivity contribution is 5.96. The first-order valence-electron chi connectivity index (χ1n) is 17.6. The third-order valence-corrected chi connectivity index (χ3v) is 13.3. The molecule has 1 aliphatic heterocycles.